The van der Waals surface area contributed by atoms with Crippen LogP contribution in [0.2, 0.25) is 0 Å². The minimum Gasteiger partial charge on any atom is -0.444 e. The van der Waals surface area contributed by atoms with Crippen molar-refractivity contribution < 1.29 is 19.1 Å². The van der Waals surface area contributed by atoms with Crippen molar-refractivity contribution >= 4 is 12.1 Å². The molecule has 5 nitrogen and oxygen atoms in total. The Morgan fingerprint density at radius 3 is 2.55 bits per heavy atom. The van der Waals surface area contributed by atoms with Crippen LogP contribution in [0.1, 0.15) is 47.0 Å². The molecule has 0 saturated carbocycles. The predicted molar refractivity (Wildman–Crippen MR) is 76.1 cm³/mol. The van der Waals surface area contributed by atoms with Crippen LogP contribution in [-0.4, -0.2) is 35.7 Å². The zero-order valence-electron chi connectivity index (χ0n) is 12.9. The van der Waals surface area contributed by atoms with Crippen LogP contribution in [0.25, 0.3) is 0 Å². The van der Waals surface area contributed by atoms with E-state index in [1.165, 1.54) is 0 Å². The average Bonchev–Trinajstić information content (AvgIpc) is 2.25. The summed E-state index contributed by atoms with van der Waals surface area (Å²) in [4.78, 5) is 25.3. The monoisotopic (exact) mass is 283 g/mol. The Balaban J connectivity index is 2.48. The number of hydrogen-bond acceptors (Lipinski definition) is 4. The van der Waals surface area contributed by atoms with Crippen LogP contribution in [-0.2, 0) is 14.3 Å². The van der Waals surface area contributed by atoms with E-state index in [2.05, 4.69) is 6.58 Å². The molecule has 1 fully saturated rings. The fraction of sp³-hybridized carbons (Fsp3) is 0.733. The molecule has 5 heteroatoms. The molecule has 0 aromatic rings. The van der Waals surface area contributed by atoms with E-state index in [0.29, 0.717) is 25.3 Å². The molecule has 0 N–H and O–H groups in total. The van der Waals surface area contributed by atoms with E-state index in [9.17, 15) is 9.59 Å². The number of allylic oxidation sites excluding steroid dienone is 1. The van der Waals surface area contributed by atoms with Crippen molar-refractivity contribution in [3.63, 3.8) is 0 Å². The van der Waals surface area contributed by atoms with Crippen LogP contribution in [0.5, 0.6) is 0 Å². The lowest BCUT2D eigenvalue weighted by atomic mass is 9.95. The molecule has 1 amide bonds. The Morgan fingerprint density at radius 1 is 1.35 bits per heavy atom. The highest BCUT2D eigenvalue weighted by Crippen LogP contribution is 2.22. The minimum atomic E-state index is -0.497. The molecule has 0 aromatic heterocycles. The van der Waals surface area contributed by atoms with Crippen molar-refractivity contribution in [1.82, 2.24) is 4.90 Å². The largest absolute Gasteiger partial charge is 0.444 e. The number of carbonyl (C=O) groups is 2. The lowest BCUT2D eigenvalue weighted by molar-refractivity contribution is -0.140. The first-order valence-corrected chi connectivity index (χ1v) is 7.01. The predicted octanol–water partition coefficient (Wildman–Crippen LogP) is 3.10. The lowest BCUT2D eigenvalue weighted by Gasteiger charge is -2.33. The van der Waals surface area contributed by atoms with Gasteiger partial charge in [0.2, 0.25) is 0 Å². The molecule has 1 rings (SSSR count). The third-order valence-electron chi connectivity index (χ3n) is 2.91. The van der Waals surface area contributed by atoms with Crippen molar-refractivity contribution in [2.24, 2.45) is 5.92 Å². The first-order chi connectivity index (χ1) is 9.17. The van der Waals surface area contributed by atoms with Crippen molar-refractivity contribution in [3.05, 3.63) is 12.3 Å². The van der Waals surface area contributed by atoms with Gasteiger partial charge in [0, 0.05) is 13.1 Å². The molecule has 0 aromatic carbocycles. The number of nitrogens with zero attached hydrogens (tertiary/aromatic N) is 1. The number of rotatable bonds is 3. The molecule has 0 radical (unpaired) electrons. The molecule has 1 heterocycles. The summed E-state index contributed by atoms with van der Waals surface area (Å²) in [6.45, 7) is 11.9. The van der Waals surface area contributed by atoms with Gasteiger partial charge >= 0.3 is 12.1 Å². The summed E-state index contributed by atoms with van der Waals surface area (Å²) in [6, 6.07) is 0. The zero-order chi connectivity index (χ0) is 15.3. The number of likely N-dealkylation sites (tertiary alicyclic amines) is 1. The van der Waals surface area contributed by atoms with Gasteiger partial charge in [-0.25, -0.2) is 4.79 Å². The molecule has 114 valence electrons. The standard InChI is InChI=1S/C15H25NO4/c1-11(2)19-13(17)9-12-7-6-8-16(10-12)14(18)20-15(3,4)5/h12H,1,6-10H2,2-5H3/t12-/m0/s1. The number of amides is 1. The third-order valence-corrected chi connectivity index (χ3v) is 2.91. The lowest BCUT2D eigenvalue weighted by Crippen LogP contribution is -2.43. The van der Waals surface area contributed by atoms with Crippen molar-refractivity contribution in [2.75, 3.05) is 13.1 Å². The smallest absolute Gasteiger partial charge is 0.410 e. The quantitative estimate of drug-likeness (QED) is 0.590. The number of esters is 1. The van der Waals surface area contributed by atoms with E-state index >= 15 is 0 Å². The first kappa shape index (κ1) is 16.5. The van der Waals surface area contributed by atoms with Gasteiger partial charge in [-0.3, -0.25) is 4.79 Å². The van der Waals surface area contributed by atoms with Crippen molar-refractivity contribution in [3.8, 4) is 0 Å². The Bertz CT molecular complexity index is 384. The molecule has 0 unspecified atom stereocenters. The van der Waals surface area contributed by atoms with Crippen molar-refractivity contribution in [1.29, 1.82) is 0 Å². The van der Waals surface area contributed by atoms with Crippen LogP contribution in [0.4, 0.5) is 4.79 Å². The summed E-state index contributed by atoms with van der Waals surface area (Å²) in [5.41, 5.74) is -0.497. The maximum Gasteiger partial charge on any atom is 0.410 e. The van der Waals surface area contributed by atoms with Crippen LogP contribution >= 0.6 is 0 Å². The minimum absolute atomic E-state index is 0.128. The zero-order valence-corrected chi connectivity index (χ0v) is 12.9. The highest BCUT2D eigenvalue weighted by atomic mass is 16.6. The van der Waals surface area contributed by atoms with Crippen LogP contribution in [0, 0.1) is 5.92 Å². The van der Waals surface area contributed by atoms with Gasteiger partial charge in [0.1, 0.15) is 5.60 Å². The maximum atomic E-state index is 12.0. The van der Waals surface area contributed by atoms with Gasteiger partial charge in [-0.1, -0.05) is 6.58 Å². The van der Waals surface area contributed by atoms with Gasteiger partial charge in [-0.05, 0) is 46.5 Å². The molecular weight excluding hydrogens is 258 g/mol. The van der Waals surface area contributed by atoms with E-state index in [-0.39, 0.29) is 18.0 Å². The number of piperidine rings is 1. The second-order valence-corrected chi connectivity index (χ2v) is 6.31. The number of hydrogen-bond donors (Lipinski definition) is 0. The molecule has 0 aliphatic carbocycles. The highest BCUT2D eigenvalue weighted by Gasteiger charge is 2.28. The van der Waals surface area contributed by atoms with E-state index in [0.717, 1.165) is 12.8 Å². The summed E-state index contributed by atoms with van der Waals surface area (Å²) in [6.07, 6.45) is 1.80. The van der Waals surface area contributed by atoms with Crippen LogP contribution in [0.3, 0.4) is 0 Å². The Labute approximate surface area is 120 Å². The maximum absolute atomic E-state index is 12.0. The van der Waals surface area contributed by atoms with Crippen molar-refractivity contribution in [2.45, 2.75) is 52.6 Å². The summed E-state index contributed by atoms with van der Waals surface area (Å²) in [5, 5.41) is 0. The van der Waals surface area contributed by atoms with E-state index in [4.69, 9.17) is 9.47 Å². The molecular formula is C15H25NO4. The second-order valence-electron chi connectivity index (χ2n) is 6.31. The SMILES string of the molecule is C=C(C)OC(=O)C[C@@H]1CCCN(C(=O)OC(C)(C)C)C1. The normalized spacial score (nSPS) is 19.4. The molecule has 0 bridgehead atoms. The highest BCUT2D eigenvalue weighted by molar-refractivity contribution is 5.71. The number of carbonyl (C=O) groups excluding carboxylic acids is 2. The Hall–Kier alpha value is -1.52. The van der Waals surface area contributed by atoms with Gasteiger partial charge < -0.3 is 14.4 Å². The Morgan fingerprint density at radius 2 is 2.00 bits per heavy atom. The van der Waals surface area contributed by atoms with E-state index < -0.39 is 5.60 Å². The molecule has 20 heavy (non-hydrogen) atoms. The van der Waals surface area contributed by atoms with Gasteiger partial charge in [-0.15, -0.1) is 0 Å². The average molecular weight is 283 g/mol. The summed E-state index contributed by atoms with van der Waals surface area (Å²) in [5.74, 6) is 0.242. The number of ether oxygens (including phenoxy) is 2. The van der Waals surface area contributed by atoms with Crippen LogP contribution < -0.4 is 0 Å². The molecule has 1 aliphatic heterocycles. The summed E-state index contributed by atoms with van der Waals surface area (Å²) in [7, 11) is 0. The first-order valence-electron chi connectivity index (χ1n) is 7.01. The topological polar surface area (TPSA) is 55.8 Å². The van der Waals surface area contributed by atoms with Gasteiger partial charge in [-0.2, -0.15) is 0 Å². The molecule has 1 atom stereocenters. The molecule has 1 saturated heterocycles. The van der Waals surface area contributed by atoms with Crippen LogP contribution in [0.15, 0.2) is 12.3 Å². The molecule has 1 aliphatic rings. The Kier molecular flexibility index (Phi) is 5.60. The summed E-state index contributed by atoms with van der Waals surface area (Å²) < 4.78 is 10.3. The third kappa shape index (κ3) is 6.08. The fourth-order valence-electron chi connectivity index (χ4n) is 2.20. The van der Waals surface area contributed by atoms with Gasteiger partial charge in [0.05, 0.1) is 12.2 Å². The van der Waals surface area contributed by atoms with E-state index in [1.54, 1.807) is 11.8 Å². The molecule has 0 spiro atoms. The summed E-state index contributed by atoms with van der Waals surface area (Å²) >= 11 is 0. The fourth-order valence-corrected chi connectivity index (χ4v) is 2.20. The van der Waals surface area contributed by atoms with Gasteiger partial charge in [0.25, 0.3) is 0 Å². The van der Waals surface area contributed by atoms with Gasteiger partial charge in [0.15, 0.2) is 0 Å². The second kappa shape index (κ2) is 6.77. The van der Waals surface area contributed by atoms with E-state index in [1.807, 2.05) is 20.8 Å².